The minimum absolute atomic E-state index is 0.588. The molecule has 0 unspecified atom stereocenters. The zero-order chi connectivity index (χ0) is 15.3. The molecular formula is C14H19NO4S. The third-order valence-corrected chi connectivity index (χ3v) is 2.64. The molecular weight excluding hydrogens is 278 g/mol. The molecule has 20 heavy (non-hydrogen) atoms. The standard InChI is InChI=1S/C14H19NO4S/c1-14(2,3)19-13(18)15-10(11(16)12(17)20)9-7-5-4-6-8-9/h4-8,10-11,16H,1-3H3,(H,15,18)(H,17,20)/t10-,11-/m1/s1. The van der Waals surface area contributed by atoms with Crippen LogP contribution in [0, 0.1) is 0 Å². The smallest absolute Gasteiger partial charge is 0.408 e. The van der Waals surface area contributed by atoms with E-state index >= 15 is 0 Å². The van der Waals surface area contributed by atoms with Crippen molar-refractivity contribution >= 4 is 23.4 Å². The number of rotatable bonds is 4. The number of alkyl carbamates (subject to hydrolysis) is 1. The Kier molecular flexibility index (Phi) is 5.47. The molecule has 110 valence electrons. The van der Waals surface area contributed by atoms with Crippen molar-refractivity contribution in [1.82, 2.24) is 5.32 Å². The first-order valence-electron chi connectivity index (χ1n) is 6.16. The van der Waals surface area contributed by atoms with Crippen LogP contribution < -0.4 is 5.32 Å². The molecule has 0 aliphatic carbocycles. The maximum atomic E-state index is 11.8. The zero-order valence-corrected chi connectivity index (χ0v) is 12.5. The summed E-state index contributed by atoms with van der Waals surface area (Å²) in [7, 11) is 0. The molecule has 0 aromatic heterocycles. The summed E-state index contributed by atoms with van der Waals surface area (Å²) < 4.78 is 5.13. The van der Waals surface area contributed by atoms with E-state index in [1.165, 1.54) is 0 Å². The fourth-order valence-corrected chi connectivity index (χ4v) is 1.72. The minimum Gasteiger partial charge on any atom is -0.500 e. The Morgan fingerprint density at radius 1 is 1.30 bits per heavy atom. The summed E-state index contributed by atoms with van der Waals surface area (Å²) in [4.78, 5) is 11.8. The van der Waals surface area contributed by atoms with E-state index in [1.54, 1.807) is 51.1 Å². The fraction of sp³-hybridized carbons (Fsp3) is 0.429. The van der Waals surface area contributed by atoms with Crippen LogP contribution in [-0.4, -0.2) is 33.1 Å². The number of thiocarbonyl (C=S) groups is 1. The molecule has 1 amide bonds. The third-order valence-electron chi connectivity index (χ3n) is 2.40. The summed E-state index contributed by atoms with van der Waals surface area (Å²) in [5.41, 5.74) is -0.0435. The summed E-state index contributed by atoms with van der Waals surface area (Å²) in [5.74, 6) is 0. The van der Waals surface area contributed by atoms with Gasteiger partial charge in [0.1, 0.15) is 11.7 Å². The molecule has 3 N–H and O–H groups in total. The number of hydrogen-bond donors (Lipinski definition) is 3. The van der Waals surface area contributed by atoms with Crippen molar-refractivity contribution in [2.24, 2.45) is 0 Å². The molecule has 0 spiro atoms. The molecule has 0 fully saturated rings. The van der Waals surface area contributed by atoms with Gasteiger partial charge in [0, 0.05) is 0 Å². The van der Waals surface area contributed by atoms with Gasteiger partial charge < -0.3 is 20.3 Å². The Morgan fingerprint density at radius 3 is 2.30 bits per heavy atom. The maximum absolute atomic E-state index is 11.8. The van der Waals surface area contributed by atoms with Gasteiger partial charge in [-0.2, -0.15) is 0 Å². The number of amides is 1. The van der Waals surface area contributed by atoms with Crippen molar-refractivity contribution in [3.63, 3.8) is 0 Å². The van der Waals surface area contributed by atoms with Gasteiger partial charge in [0.2, 0.25) is 0 Å². The van der Waals surface area contributed by atoms with Gasteiger partial charge in [-0.3, -0.25) is 0 Å². The summed E-state index contributed by atoms with van der Waals surface area (Å²) in [5, 5.41) is 21.1. The lowest BCUT2D eigenvalue weighted by Crippen LogP contribution is -2.42. The minimum atomic E-state index is -1.39. The van der Waals surface area contributed by atoms with Crippen LogP contribution in [0.15, 0.2) is 30.3 Å². The zero-order valence-electron chi connectivity index (χ0n) is 11.7. The molecule has 2 atom stereocenters. The fourth-order valence-electron chi connectivity index (χ4n) is 1.58. The number of nitrogens with one attached hydrogen (secondary N) is 1. The predicted octanol–water partition coefficient (Wildman–Crippen LogP) is 2.50. The van der Waals surface area contributed by atoms with E-state index in [0.29, 0.717) is 5.56 Å². The Balaban J connectivity index is 2.90. The molecule has 6 heteroatoms. The summed E-state index contributed by atoms with van der Waals surface area (Å²) in [6.45, 7) is 5.20. The number of ether oxygens (including phenoxy) is 1. The Labute approximate surface area is 123 Å². The SMILES string of the molecule is CC(C)(C)OC(=O)N[C@H](c1ccccc1)[C@@H](O)C(O)=S. The number of hydrogen-bond acceptors (Lipinski definition) is 4. The lowest BCUT2D eigenvalue weighted by atomic mass is 10.0. The molecule has 1 aromatic carbocycles. The highest BCUT2D eigenvalue weighted by atomic mass is 32.1. The highest BCUT2D eigenvalue weighted by Crippen LogP contribution is 2.19. The van der Waals surface area contributed by atoms with Crippen LogP contribution in [0.1, 0.15) is 32.4 Å². The number of carbonyl (C=O) groups excluding carboxylic acids is 1. The quantitative estimate of drug-likeness (QED) is 0.744. The molecule has 0 radical (unpaired) electrons. The van der Waals surface area contributed by atoms with Gasteiger partial charge in [-0.1, -0.05) is 30.3 Å². The van der Waals surface area contributed by atoms with Crippen LogP contribution in [0.2, 0.25) is 0 Å². The van der Waals surface area contributed by atoms with Crippen LogP contribution in [-0.2, 0) is 4.74 Å². The number of carbonyl (C=O) groups is 1. The van der Waals surface area contributed by atoms with E-state index in [2.05, 4.69) is 17.5 Å². The van der Waals surface area contributed by atoms with Gasteiger partial charge in [0.25, 0.3) is 0 Å². The van der Waals surface area contributed by atoms with Crippen molar-refractivity contribution in [1.29, 1.82) is 0 Å². The average Bonchev–Trinajstić information content (AvgIpc) is 2.34. The Morgan fingerprint density at radius 2 is 1.85 bits per heavy atom. The second-order valence-corrected chi connectivity index (χ2v) is 5.74. The van der Waals surface area contributed by atoms with Crippen molar-refractivity contribution in [3.8, 4) is 0 Å². The first-order valence-corrected chi connectivity index (χ1v) is 6.57. The van der Waals surface area contributed by atoms with Gasteiger partial charge in [-0.05, 0) is 38.6 Å². The highest BCUT2D eigenvalue weighted by molar-refractivity contribution is 7.80. The molecule has 5 nitrogen and oxygen atoms in total. The number of benzene rings is 1. The first kappa shape index (κ1) is 16.4. The van der Waals surface area contributed by atoms with Crippen molar-refractivity contribution in [2.45, 2.75) is 38.5 Å². The van der Waals surface area contributed by atoms with Gasteiger partial charge in [-0.25, -0.2) is 4.79 Å². The monoisotopic (exact) mass is 297 g/mol. The second kappa shape index (κ2) is 6.67. The third kappa shape index (κ3) is 5.14. The van der Waals surface area contributed by atoms with Crippen LogP contribution in [0.5, 0.6) is 0 Å². The molecule has 0 saturated carbocycles. The van der Waals surface area contributed by atoms with Gasteiger partial charge in [0.05, 0.1) is 6.04 Å². The normalized spacial score (nSPS) is 14.2. The van der Waals surface area contributed by atoms with E-state index in [9.17, 15) is 15.0 Å². The van der Waals surface area contributed by atoms with Crippen molar-refractivity contribution in [3.05, 3.63) is 35.9 Å². The number of aliphatic hydroxyl groups excluding tert-OH is 2. The maximum Gasteiger partial charge on any atom is 0.408 e. The van der Waals surface area contributed by atoms with Gasteiger partial charge >= 0.3 is 6.09 Å². The topological polar surface area (TPSA) is 78.8 Å². The van der Waals surface area contributed by atoms with Crippen LogP contribution in [0.25, 0.3) is 0 Å². The van der Waals surface area contributed by atoms with Gasteiger partial charge in [-0.15, -0.1) is 0 Å². The van der Waals surface area contributed by atoms with Gasteiger partial charge in [0.15, 0.2) is 5.05 Å². The summed E-state index contributed by atoms with van der Waals surface area (Å²) in [6, 6.07) is 7.87. The van der Waals surface area contributed by atoms with Crippen molar-refractivity contribution < 1.29 is 19.7 Å². The molecule has 1 aromatic rings. The predicted molar refractivity (Wildman–Crippen MR) is 79.8 cm³/mol. The molecule has 0 saturated heterocycles. The molecule has 0 heterocycles. The van der Waals surface area contributed by atoms with Crippen LogP contribution in [0.4, 0.5) is 4.79 Å². The second-order valence-electron chi connectivity index (χ2n) is 5.32. The van der Waals surface area contributed by atoms with Crippen LogP contribution >= 0.6 is 12.2 Å². The van der Waals surface area contributed by atoms with E-state index < -0.39 is 28.9 Å². The molecule has 0 bridgehead atoms. The van der Waals surface area contributed by atoms with E-state index in [4.69, 9.17) is 4.74 Å². The summed E-state index contributed by atoms with van der Waals surface area (Å²) in [6.07, 6.45) is -2.08. The number of aliphatic hydroxyl groups is 2. The Hall–Kier alpha value is -1.66. The molecule has 1 rings (SSSR count). The highest BCUT2D eigenvalue weighted by Gasteiger charge is 2.28. The van der Waals surface area contributed by atoms with Crippen LogP contribution in [0.3, 0.4) is 0 Å². The van der Waals surface area contributed by atoms with E-state index in [-0.39, 0.29) is 0 Å². The van der Waals surface area contributed by atoms with Crippen molar-refractivity contribution in [2.75, 3.05) is 0 Å². The molecule has 0 aliphatic heterocycles. The molecule has 0 aliphatic rings. The van der Waals surface area contributed by atoms with E-state index in [0.717, 1.165) is 0 Å². The first-order chi connectivity index (χ1) is 9.20. The van der Waals surface area contributed by atoms with E-state index in [1.807, 2.05) is 0 Å². The summed E-state index contributed by atoms with van der Waals surface area (Å²) >= 11 is 4.57. The average molecular weight is 297 g/mol. The Bertz CT molecular complexity index is 470. The lowest BCUT2D eigenvalue weighted by molar-refractivity contribution is 0.0457. The largest absolute Gasteiger partial charge is 0.500 e. The lowest BCUT2D eigenvalue weighted by Gasteiger charge is -2.26.